The number of carbonyl (C=O) groups is 1. The maximum absolute atomic E-state index is 13.1. The second-order valence-corrected chi connectivity index (χ2v) is 8.42. The molecule has 2 aliphatic heterocycles. The van der Waals surface area contributed by atoms with Crippen molar-refractivity contribution in [3.63, 3.8) is 0 Å². The summed E-state index contributed by atoms with van der Waals surface area (Å²) in [5, 5.41) is 0. The quantitative estimate of drug-likeness (QED) is 0.747. The summed E-state index contributed by atoms with van der Waals surface area (Å²) in [5.74, 6) is 0.696. The first-order valence-electron chi connectivity index (χ1n) is 10.4. The number of nitrogens with zero attached hydrogens (tertiary/aromatic N) is 3. The number of hydrogen-bond acceptors (Lipinski definition) is 3. The largest absolute Gasteiger partial charge is 0.339 e. The van der Waals surface area contributed by atoms with E-state index >= 15 is 0 Å². The lowest BCUT2D eigenvalue weighted by atomic mass is 9.94. The molecule has 0 aromatic carbocycles. The van der Waals surface area contributed by atoms with E-state index in [1.807, 2.05) is 0 Å². The number of amides is 1. The third kappa shape index (κ3) is 4.95. The molecule has 24 heavy (non-hydrogen) atoms. The van der Waals surface area contributed by atoms with Crippen molar-refractivity contribution in [2.75, 3.05) is 39.3 Å². The van der Waals surface area contributed by atoms with Gasteiger partial charge in [0.1, 0.15) is 0 Å². The first kappa shape index (κ1) is 18.2. The van der Waals surface area contributed by atoms with E-state index in [1.54, 1.807) is 0 Å². The first-order chi connectivity index (χ1) is 11.6. The molecular formula is C20H37N3O. The molecule has 0 N–H and O–H groups in total. The maximum atomic E-state index is 13.1. The molecule has 138 valence electrons. The highest BCUT2D eigenvalue weighted by atomic mass is 16.2. The van der Waals surface area contributed by atoms with E-state index in [0.29, 0.717) is 11.9 Å². The van der Waals surface area contributed by atoms with Gasteiger partial charge in [-0.3, -0.25) is 4.79 Å². The zero-order valence-corrected chi connectivity index (χ0v) is 15.9. The van der Waals surface area contributed by atoms with E-state index in [-0.39, 0.29) is 5.92 Å². The molecule has 2 heterocycles. The van der Waals surface area contributed by atoms with Crippen LogP contribution in [-0.2, 0) is 4.79 Å². The monoisotopic (exact) mass is 335 g/mol. The summed E-state index contributed by atoms with van der Waals surface area (Å²) in [7, 11) is 0. The van der Waals surface area contributed by atoms with Gasteiger partial charge in [-0.1, -0.05) is 12.8 Å². The smallest absolute Gasteiger partial charge is 0.226 e. The van der Waals surface area contributed by atoms with Gasteiger partial charge in [0.2, 0.25) is 5.91 Å². The van der Waals surface area contributed by atoms with Crippen LogP contribution in [0.5, 0.6) is 0 Å². The van der Waals surface area contributed by atoms with Crippen LogP contribution in [0.2, 0.25) is 0 Å². The van der Waals surface area contributed by atoms with Crippen molar-refractivity contribution >= 4 is 5.91 Å². The van der Waals surface area contributed by atoms with Gasteiger partial charge in [-0.05, 0) is 78.6 Å². The van der Waals surface area contributed by atoms with Crippen molar-refractivity contribution in [3.8, 4) is 0 Å². The van der Waals surface area contributed by atoms with Crippen molar-refractivity contribution < 1.29 is 4.79 Å². The third-order valence-electron chi connectivity index (χ3n) is 6.20. The fourth-order valence-electron chi connectivity index (χ4n) is 4.42. The van der Waals surface area contributed by atoms with Crippen LogP contribution in [0.1, 0.15) is 65.2 Å². The van der Waals surface area contributed by atoms with Gasteiger partial charge in [0, 0.05) is 31.1 Å². The Balaban J connectivity index is 1.47. The second kappa shape index (κ2) is 8.66. The van der Waals surface area contributed by atoms with E-state index < -0.39 is 0 Å². The average molecular weight is 336 g/mol. The SMILES string of the molecule is CC(C)N(CCN1CCCCCC1)C(=O)C1CCN(C2CC2)CC1. The summed E-state index contributed by atoms with van der Waals surface area (Å²) < 4.78 is 0. The van der Waals surface area contributed by atoms with Crippen LogP contribution in [0.3, 0.4) is 0 Å². The van der Waals surface area contributed by atoms with Gasteiger partial charge in [0.15, 0.2) is 0 Å². The summed E-state index contributed by atoms with van der Waals surface area (Å²) in [6, 6.07) is 1.18. The molecule has 0 radical (unpaired) electrons. The van der Waals surface area contributed by atoms with Crippen LogP contribution in [0.4, 0.5) is 0 Å². The summed E-state index contributed by atoms with van der Waals surface area (Å²) in [4.78, 5) is 20.4. The lowest BCUT2D eigenvalue weighted by Crippen LogP contribution is -2.48. The standard InChI is InChI=1S/C20H37N3O/c1-17(2)23(16-15-21-11-5-3-4-6-12-21)20(24)18-9-13-22(14-10-18)19-7-8-19/h17-19H,3-16H2,1-2H3. The molecule has 3 rings (SSSR count). The van der Waals surface area contributed by atoms with Crippen molar-refractivity contribution in [2.45, 2.75) is 77.3 Å². The number of rotatable bonds is 6. The number of hydrogen-bond donors (Lipinski definition) is 0. The van der Waals surface area contributed by atoms with Gasteiger partial charge in [-0.2, -0.15) is 0 Å². The van der Waals surface area contributed by atoms with E-state index in [9.17, 15) is 4.79 Å². The molecule has 0 bridgehead atoms. The van der Waals surface area contributed by atoms with Gasteiger partial charge in [-0.25, -0.2) is 0 Å². The van der Waals surface area contributed by atoms with E-state index in [1.165, 1.54) is 51.6 Å². The summed E-state index contributed by atoms with van der Waals surface area (Å²) >= 11 is 0. The number of carbonyl (C=O) groups excluding carboxylic acids is 1. The fraction of sp³-hybridized carbons (Fsp3) is 0.950. The summed E-state index contributed by atoms with van der Waals surface area (Å²) in [6.07, 6.45) is 10.3. The predicted octanol–water partition coefficient (Wildman–Crippen LogP) is 2.97. The molecule has 3 aliphatic rings. The van der Waals surface area contributed by atoms with Crippen LogP contribution < -0.4 is 0 Å². The van der Waals surface area contributed by atoms with Gasteiger partial charge in [0.05, 0.1) is 0 Å². The number of piperidine rings is 1. The van der Waals surface area contributed by atoms with Gasteiger partial charge >= 0.3 is 0 Å². The molecule has 4 heteroatoms. The Morgan fingerprint density at radius 2 is 1.58 bits per heavy atom. The fourth-order valence-corrected chi connectivity index (χ4v) is 4.42. The van der Waals surface area contributed by atoms with Crippen LogP contribution in [-0.4, -0.2) is 72.0 Å². The molecule has 4 nitrogen and oxygen atoms in total. The minimum absolute atomic E-state index is 0.270. The van der Waals surface area contributed by atoms with Crippen LogP contribution in [0.15, 0.2) is 0 Å². The Bertz CT molecular complexity index is 392. The lowest BCUT2D eigenvalue weighted by molar-refractivity contribution is -0.139. The number of likely N-dealkylation sites (tertiary alicyclic amines) is 2. The Kier molecular flexibility index (Phi) is 6.56. The molecule has 0 unspecified atom stereocenters. The van der Waals surface area contributed by atoms with Gasteiger partial charge in [0.25, 0.3) is 0 Å². The van der Waals surface area contributed by atoms with Gasteiger partial charge < -0.3 is 14.7 Å². The molecular weight excluding hydrogens is 298 g/mol. The van der Waals surface area contributed by atoms with Crippen molar-refractivity contribution in [1.82, 2.24) is 14.7 Å². The molecule has 1 aliphatic carbocycles. The molecule has 0 aromatic rings. The average Bonchev–Trinajstić information content (AvgIpc) is 3.42. The van der Waals surface area contributed by atoms with E-state index in [0.717, 1.165) is 45.1 Å². The third-order valence-corrected chi connectivity index (χ3v) is 6.20. The molecule has 0 spiro atoms. The Morgan fingerprint density at radius 1 is 0.958 bits per heavy atom. The summed E-state index contributed by atoms with van der Waals surface area (Å²) in [6.45, 7) is 11.1. The molecule has 1 saturated carbocycles. The Labute approximate surface area is 148 Å². The van der Waals surface area contributed by atoms with Crippen LogP contribution in [0, 0.1) is 5.92 Å². The van der Waals surface area contributed by atoms with E-state index in [2.05, 4.69) is 28.5 Å². The molecule has 1 amide bonds. The molecule has 3 fully saturated rings. The van der Waals surface area contributed by atoms with Crippen molar-refractivity contribution in [2.24, 2.45) is 5.92 Å². The molecule has 2 saturated heterocycles. The molecule has 0 aromatic heterocycles. The minimum atomic E-state index is 0.270. The van der Waals surface area contributed by atoms with Gasteiger partial charge in [-0.15, -0.1) is 0 Å². The highest BCUT2D eigenvalue weighted by Crippen LogP contribution is 2.31. The lowest BCUT2D eigenvalue weighted by Gasteiger charge is -2.36. The van der Waals surface area contributed by atoms with Crippen molar-refractivity contribution in [1.29, 1.82) is 0 Å². The predicted molar refractivity (Wildman–Crippen MR) is 99.1 cm³/mol. The minimum Gasteiger partial charge on any atom is -0.339 e. The van der Waals surface area contributed by atoms with Crippen LogP contribution >= 0.6 is 0 Å². The zero-order chi connectivity index (χ0) is 16.9. The van der Waals surface area contributed by atoms with Crippen LogP contribution in [0.25, 0.3) is 0 Å². The van der Waals surface area contributed by atoms with Crippen molar-refractivity contribution in [3.05, 3.63) is 0 Å². The zero-order valence-electron chi connectivity index (χ0n) is 15.9. The Morgan fingerprint density at radius 3 is 2.12 bits per heavy atom. The molecule has 0 atom stereocenters. The normalized spacial score (nSPS) is 25.0. The second-order valence-electron chi connectivity index (χ2n) is 8.42. The summed E-state index contributed by atoms with van der Waals surface area (Å²) in [5.41, 5.74) is 0. The highest BCUT2D eigenvalue weighted by molar-refractivity contribution is 5.79. The Hall–Kier alpha value is -0.610. The highest BCUT2D eigenvalue weighted by Gasteiger charge is 2.35. The maximum Gasteiger partial charge on any atom is 0.226 e. The topological polar surface area (TPSA) is 26.8 Å². The van der Waals surface area contributed by atoms with E-state index in [4.69, 9.17) is 0 Å². The first-order valence-corrected chi connectivity index (χ1v) is 10.4.